The van der Waals surface area contributed by atoms with Crippen molar-refractivity contribution in [3.05, 3.63) is 0 Å². The number of hydrogen-bond acceptors (Lipinski definition) is 3. The van der Waals surface area contributed by atoms with Gasteiger partial charge in [-0.05, 0) is 12.8 Å². The van der Waals surface area contributed by atoms with Crippen molar-refractivity contribution in [3.8, 4) is 0 Å². The zero-order valence-electron chi connectivity index (χ0n) is 8.32. The van der Waals surface area contributed by atoms with E-state index in [0.717, 1.165) is 0 Å². The van der Waals surface area contributed by atoms with E-state index in [0.29, 0.717) is 25.9 Å². The number of rotatable bonds is 2. The van der Waals surface area contributed by atoms with E-state index < -0.39 is 0 Å². The zero-order chi connectivity index (χ0) is 10.6. The van der Waals surface area contributed by atoms with Crippen LogP contribution < -0.4 is 5.32 Å². The van der Waals surface area contributed by atoms with Gasteiger partial charge in [-0.1, -0.05) is 0 Å². The number of carbonyl (C=O) groups excluding carboxylic acids is 2. The normalized spacial score (nSPS) is 18.0. The van der Waals surface area contributed by atoms with Gasteiger partial charge < -0.3 is 15.3 Å². The van der Waals surface area contributed by atoms with Gasteiger partial charge in [0.2, 0.25) is 11.8 Å². The van der Waals surface area contributed by atoms with Crippen molar-refractivity contribution in [1.82, 2.24) is 10.2 Å². The third kappa shape index (κ3) is 3.33. The van der Waals surface area contributed by atoms with Crippen molar-refractivity contribution in [2.75, 3.05) is 19.6 Å². The Bertz CT molecular complexity index is 222. The molecule has 5 heteroatoms. The number of likely N-dealkylation sites (tertiary alicyclic amines) is 1. The third-order valence-electron chi connectivity index (χ3n) is 2.31. The van der Waals surface area contributed by atoms with Crippen molar-refractivity contribution in [1.29, 1.82) is 0 Å². The van der Waals surface area contributed by atoms with Crippen LogP contribution >= 0.6 is 0 Å². The van der Waals surface area contributed by atoms with Crippen LogP contribution in [0.4, 0.5) is 0 Å². The molecule has 2 amide bonds. The standard InChI is InChI=1S/C9H16N2O3/c1-7(12)10-6-9(14)11-4-2-8(13)3-5-11/h8,13H,2-6H2,1H3,(H,10,12). The molecule has 14 heavy (non-hydrogen) atoms. The Morgan fingerprint density at radius 1 is 1.43 bits per heavy atom. The minimum absolute atomic E-state index is 0.0609. The number of aliphatic hydroxyl groups is 1. The summed E-state index contributed by atoms with van der Waals surface area (Å²) in [7, 11) is 0. The first-order chi connectivity index (χ1) is 6.59. The van der Waals surface area contributed by atoms with Gasteiger partial charge in [0, 0.05) is 20.0 Å². The molecule has 5 nitrogen and oxygen atoms in total. The summed E-state index contributed by atoms with van der Waals surface area (Å²) in [4.78, 5) is 23.7. The van der Waals surface area contributed by atoms with E-state index in [1.807, 2.05) is 0 Å². The molecule has 0 atom stereocenters. The van der Waals surface area contributed by atoms with Crippen molar-refractivity contribution >= 4 is 11.8 Å². The predicted molar refractivity (Wildman–Crippen MR) is 50.5 cm³/mol. The smallest absolute Gasteiger partial charge is 0.241 e. The molecule has 0 radical (unpaired) electrons. The Hall–Kier alpha value is -1.10. The van der Waals surface area contributed by atoms with Crippen LogP contribution in [-0.2, 0) is 9.59 Å². The first kappa shape index (κ1) is 11.0. The molecule has 0 aromatic rings. The fourth-order valence-electron chi connectivity index (χ4n) is 1.43. The summed E-state index contributed by atoms with van der Waals surface area (Å²) in [5.41, 5.74) is 0. The Morgan fingerprint density at radius 3 is 2.50 bits per heavy atom. The van der Waals surface area contributed by atoms with Gasteiger partial charge in [-0.25, -0.2) is 0 Å². The van der Waals surface area contributed by atoms with E-state index in [-0.39, 0.29) is 24.5 Å². The van der Waals surface area contributed by atoms with Crippen LogP contribution in [0, 0.1) is 0 Å². The number of amides is 2. The molecule has 1 aliphatic rings. The minimum atomic E-state index is -0.278. The Morgan fingerprint density at radius 2 is 2.00 bits per heavy atom. The van der Waals surface area contributed by atoms with Crippen molar-refractivity contribution in [2.45, 2.75) is 25.9 Å². The average Bonchev–Trinajstić information content (AvgIpc) is 2.15. The van der Waals surface area contributed by atoms with Gasteiger partial charge in [-0.2, -0.15) is 0 Å². The largest absolute Gasteiger partial charge is 0.393 e. The summed E-state index contributed by atoms with van der Waals surface area (Å²) >= 11 is 0. The lowest BCUT2D eigenvalue weighted by molar-refractivity contribution is -0.134. The number of hydrogen-bond donors (Lipinski definition) is 2. The molecule has 0 aromatic carbocycles. The van der Waals surface area contributed by atoms with Gasteiger partial charge in [-0.3, -0.25) is 9.59 Å². The monoisotopic (exact) mass is 200 g/mol. The van der Waals surface area contributed by atoms with E-state index in [9.17, 15) is 14.7 Å². The molecule has 1 aliphatic heterocycles. The quantitative estimate of drug-likeness (QED) is 0.607. The van der Waals surface area contributed by atoms with Crippen LogP contribution in [0.3, 0.4) is 0 Å². The number of nitrogens with one attached hydrogen (secondary N) is 1. The molecule has 0 saturated carbocycles. The molecule has 2 N–H and O–H groups in total. The first-order valence-corrected chi connectivity index (χ1v) is 4.80. The van der Waals surface area contributed by atoms with Crippen LogP contribution in [0.2, 0.25) is 0 Å². The van der Waals surface area contributed by atoms with Crippen LogP contribution in [0.15, 0.2) is 0 Å². The summed E-state index contributed by atoms with van der Waals surface area (Å²) in [6, 6.07) is 0. The lowest BCUT2D eigenvalue weighted by Gasteiger charge is -2.29. The second kappa shape index (κ2) is 4.95. The highest BCUT2D eigenvalue weighted by molar-refractivity contribution is 5.83. The summed E-state index contributed by atoms with van der Waals surface area (Å²) in [5, 5.41) is 11.7. The molecule has 1 fully saturated rings. The van der Waals surface area contributed by atoms with E-state index in [2.05, 4.69) is 5.32 Å². The predicted octanol–water partition coefficient (Wildman–Crippen LogP) is -0.894. The Kier molecular flexibility index (Phi) is 3.88. The number of nitrogens with zero attached hydrogens (tertiary/aromatic N) is 1. The highest BCUT2D eigenvalue weighted by atomic mass is 16.3. The van der Waals surface area contributed by atoms with Crippen LogP contribution in [0.1, 0.15) is 19.8 Å². The maximum Gasteiger partial charge on any atom is 0.241 e. The highest BCUT2D eigenvalue weighted by Crippen LogP contribution is 2.09. The van der Waals surface area contributed by atoms with Gasteiger partial charge in [-0.15, -0.1) is 0 Å². The zero-order valence-corrected chi connectivity index (χ0v) is 8.32. The topological polar surface area (TPSA) is 69.6 Å². The molecule has 1 heterocycles. The van der Waals surface area contributed by atoms with E-state index >= 15 is 0 Å². The average molecular weight is 200 g/mol. The number of carbonyl (C=O) groups is 2. The molecule has 0 aromatic heterocycles. The van der Waals surface area contributed by atoms with Crippen LogP contribution in [-0.4, -0.2) is 47.6 Å². The van der Waals surface area contributed by atoms with Gasteiger partial charge in [0.05, 0.1) is 12.6 Å². The fraction of sp³-hybridized carbons (Fsp3) is 0.778. The van der Waals surface area contributed by atoms with E-state index in [1.165, 1.54) is 6.92 Å². The van der Waals surface area contributed by atoms with Crippen molar-refractivity contribution in [2.24, 2.45) is 0 Å². The number of piperidine rings is 1. The lowest BCUT2D eigenvalue weighted by atomic mass is 10.1. The summed E-state index contributed by atoms with van der Waals surface area (Å²) < 4.78 is 0. The van der Waals surface area contributed by atoms with E-state index in [4.69, 9.17) is 0 Å². The summed E-state index contributed by atoms with van der Waals surface area (Å²) in [6.45, 7) is 2.61. The Labute approximate surface area is 83.1 Å². The molecule has 0 unspecified atom stereocenters. The molecular formula is C9H16N2O3. The second-order valence-corrected chi connectivity index (χ2v) is 3.52. The lowest BCUT2D eigenvalue weighted by Crippen LogP contribution is -2.44. The first-order valence-electron chi connectivity index (χ1n) is 4.80. The molecule has 0 bridgehead atoms. The SMILES string of the molecule is CC(=O)NCC(=O)N1CCC(O)CC1. The molecule has 0 spiro atoms. The summed E-state index contributed by atoms with van der Waals surface area (Å²) in [5.74, 6) is -0.275. The maximum atomic E-state index is 11.4. The second-order valence-electron chi connectivity index (χ2n) is 3.52. The molecular weight excluding hydrogens is 184 g/mol. The van der Waals surface area contributed by atoms with E-state index in [1.54, 1.807) is 4.90 Å². The van der Waals surface area contributed by atoms with Gasteiger partial charge >= 0.3 is 0 Å². The Balaban J connectivity index is 2.27. The van der Waals surface area contributed by atoms with Crippen molar-refractivity contribution < 1.29 is 14.7 Å². The molecule has 1 rings (SSSR count). The van der Waals surface area contributed by atoms with Crippen LogP contribution in [0.25, 0.3) is 0 Å². The molecule has 80 valence electrons. The molecule has 0 aliphatic carbocycles. The van der Waals surface area contributed by atoms with Crippen molar-refractivity contribution in [3.63, 3.8) is 0 Å². The fourth-order valence-corrected chi connectivity index (χ4v) is 1.43. The summed E-state index contributed by atoms with van der Waals surface area (Å²) in [6.07, 6.45) is 0.984. The van der Waals surface area contributed by atoms with Gasteiger partial charge in [0.15, 0.2) is 0 Å². The van der Waals surface area contributed by atoms with Crippen LogP contribution in [0.5, 0.6) is 0 Å². The minimum Gasteiger partial charge on any atom is -0.393 e. The third-order valence-corrected chi connectivity index (χ3v) is 2.31. The maximum absolute atomic E-state index is 11.4. The number of aliphatic hydroxyl groups excluding tert-OH is 1. The van der Waals surface area contributed by atoms with Gasteiger partial charge in [0.1, 0.15) is 0 Å². The van der Waals surface area contributed by atoms with Gasteiger partial charge in [0.25, 0.3) is 0 Å². The highest BCUT2D eigenvalue weighted by Gasteiger charge is 2.20. The molecule has 1 saturated heterocycles.